The number of furan rings is 1. The molecule has 1 atom stereocenters. The number of benzene rings is 8. The van der Waals surface area contributed by atoms with Gasteiger partial charge in [-0.3, -0.25) is 4.48 Å². The van der Waals surface area contributed by atoms with Crippen molar-refractivity contribution in [3.8, 4) is 22.3 Å². The molecule has 0 spiro atoms. The average Bonchev–Trinajstić information content (AvgIpc) is 3.50. The molecule has 0 radical (unpaired) electrons. The molecule has 57 heavy (non-hydrogen) atoms. The van der Waals surface area contributed by atoms with Crippen LogP contribution >= 0.6 is 0 Å². The van der Waals surface area contributed by atoms with Crippen molar-refractivity contribution in [2.75, 3.05) is 7.05 Å². The van der Waals surface area contributed by atoms with Crippen LogP contribution in [0.15, 0.2) is 203 Å². The first-order valence-electron chi connectivity index (χ1n) is 19.4. The molecule has 5 heteroatoms. The molecule has 3 heterocycles. The van der Waals surface area contributed by atoms with Crippen molar-refractivity contribution in [1.82, 2.24) is 9.80 Å². The van der Waals surface area contributed by atoms with E-state index in [0.29, 0.717) is 10.3 Å². The largest absolute Gasteiger partial charge is 0.456 e. The third kappa shape index (κ3) is 5.51. The third-order valence-corrected chi connectivity index (χ3v) is 11.6. The Morgan fingerprint density at radius 1 is 0.544 bits per heavy atom. The van der Waals surface area contributed by atoms with Crippen LogP contribution in [0.2, 0.25) is 0 Å². The Morgan fingerprint density at radius 2 is 1.28 bits per heavy atom. The van der Waals surface area contributed by atoms with E-state index in [-0.39, 0.29) is 0 Å². The lowest BCUT2D eigenvalue weighted by Crippen LogP contribution is -2.41. The summed E-state index contributed by atoms with van der Waals surface area (Å²) in [4.78, 5) is 10.1. The van der Waals surface area contributed by atoms with Crippen LogP contribution in [0.4, 0.5) is 11.4 Å². The molecule has 0 saturated heterocycles. The van der Waals surface area contributed by atoms with Crippen LogP contribution < -0.4 is 9.80 Å². The zero-order chi connectivity index (χ0) is 37.9. The van der Waals surface area contributed by atoms with Crippen molar-refractivity contribution >= 4 is 61.5 Å². The minimum Gasteiger partial charge on any atom is -0.456 e. The number of rotatable bonds is 5. The van der Waals surface area contributed by atoms with Crippen molar-refractivity contribution < 1.29 is 4.42 Å². The van der Waals surface area contributed by atoms with Crippen LogP contribution in [0, 0.1) is 0 Å². The smallest absolute Gasteiger partial charge is 0.162 e. The van der Waals surface area contributed by atoms with Gasteiger partial charge < -0.3 is 9.73 Å². The van der Waals surface area contributed by atoms with Crippen molar-refractivity contribution in [1.29, 1.82) is 0 Å². The standard InChI is InChI=1S/C52H37N4O/c1-56(40-19-9-4-10-20-40)33-39-30-37(24-27-43(39)49-41-21-12-11-14-34(41)26-29-46(49)56)42-22-13-23-47-50(42)44-28-25-38(31-48(44)57-47)45-32-53-51(35-15-5-2-6-16-35)55-52(54-45)36-17-7-3-8-18-36/h2-32H,33H2,1H3,(H,53,54,55)/q+1. The lowest BCUT2D eigenvalue weighted by Gasteiger charge is -2.39. The molecule has 0 aliphatic carbocycles. The van der Waals surface area contributed by atoms with Crippen molar-refractivity contribution in [3.63, 3.8) is 0 Å². The summed E-state index contributed by atoms with van der Waals surface area (Å²) in [7, 11) is 2.35. The molecule has 0 bridgehead atoms. The number of hydrogen-bond donors (Lipinski definition) is 1. The van der Waals surface area contributed by atoms with Gasteiger partial charge in [-0.05, 0) is 69.9 Å². The van der Waals surface area contributed by atoms with E-state index in [1.165, 1.54) is 44.4 Å². The van der Waals surface area contributed by atoms with Gasteiger partial charge in [0.1, 0.15) is 34.9 Å². The van der Waals surface area contributed by atoms with Crippen molar-refractivity contribution in [2.24, 2.45) is 9.98 Å². The van der Waals surface area contributed by atoms with Crippen LogP contribution in [0.3, 0.4) is 0 Å². The molecule has 0 fully saturated rings. The molecule has 2 aliphatic heterocycles. The second kappa shape index (κ2) is 13.2. The number of aliphatic imine (C=N–C) groups is 2. The van der Waals surface area contributed by atoms with Crippen LogP contribution in [0.25, 0.3) is 60.7 Å². The number of nitrogens with one attached hydrogen (secondary N) is 1. The summed E-state index contributed by atoms with van der Waals surface area (Å²) in [5.74, 6) is 1.38. The molecule has 1 aromatic heterocycles. The molecule has 1 N–H and O–H groups in total. The van der Waals surface area contributed by atoms with Crippen LogP contribution in [0.1, 0.15) is 22.3 Å². The zero-order valence-corrected chi connectivity index (χ0v) is 31.4. The van der Waals surface area contributed by atoms with E-state index in [2.05, 4.69) is 146 Å². The molecule has 5 nitrogen and oxygen atoms in total. The molecule has 2 aliphatic rings. The number of amidine groups is 2. The Hall–Kier alpha value is -7.34. The first kappa shape index (κ1) is 33.0. The zero-order valence-electron chi connectivity index (χ0n) is 31.4. The van der Waals surface area contributed by atoms with Gasteiger partial charge in [0.05, 0.1) is 18.3 Å². The lowest BCUT2D eigenvalue weighted by molar-refractivity contribution is 0.447. The van der Waals surface area contributed by atoms with Crippen LogP contribution in [-0.4, -0.2) is 18.7 Å². The Kier molecular flexibility index (Phi) is 7.62. The van der Waals surface area contributed by atoms with Gasteiger partial charge in [0.25, 0.3) is 0 Å². The molecule has 0 amide bonds. The molecule has 1 unspecified atom stereocenters. The maximum absolute atomic E-state index is 6.65. The molecular formula is C52H37N4O+. The highest BCUT2D eigenvalue weighted by Crippen LogP contribution is 2.51. The maximum atomic E-state index is 6.65. The van der Waals surface area contributed by atoms with E-state index in [9.17, 15) is 0 Å². The average molecular weight is 734 g/mol. The topological polar surface area (TPSA) is 49.9 Å². The molecule has 270 valence electrons. The SMILES string of the molecule is C[N+]1(c2ccccc2)Cc2cc(-c3cccc4oc5cc(C6=CNC(c7ccccc7)=NC(c7ccccc7)=N6)ccc5c34)ccc2-c2c1ccc1ccccc21. The van der Waals surface area contributed by atoms with E-state index in [1.807, 2.05) is 54.7 Å². The summed E-state index contributed by atoms with van der Waals surface area (Å²) in [5.41, 5.74) is 14.2. The van der Waals surface area contributed by atoms with Gasteiger partial charge >= 0.3 is 0 Å². The molecule has 9 aromatic rings. The minimum absolute atomic E-state index is 0.641. The van der Waals surface area contributed by atoms with E-state index >= 15 is 0 Å². The number of fused-ring (bicyclic) bond motifs is 8. The van der Waals surface area contributed by atoms with Gasteiger partial charge in [0.15, 0.2) is 5.84 Å². The van der Waals surface area contributed by atoms with Gasteiger partial charge in [-0.2, -0.15) is 0 Å². The third-order valence-electron chi connectivity index (χ3n) is 11.6. The van der Waals surface area contributed by atoms with Crippen LogP contribution in [-0.2, 0) is 6.54 Å². The Balaban J connectivity index is 1.03. The second-order valence-electron chi connectivity index (χ2n) is 15.0. The fraction of sp³-hybridized carbons (Fsp3) is 0.0385. The highest BCUT2D eigenvalue weighted by atomic mass is 16.3. The fourth-order valence-corrected chi connectivity index (χ4v) is 8.78. The molecule has 0 saturated carbocycles. The van der Waals surface area contributed by atoms with Gasteiger partial charge in [-0.15, -0.1) is 0 Å². The summed E-state index contributed by atoms with van der Waals surface area (Å²) in [6, 6.07) is 64.4. The van der Waals surface area contributed by atoms with E-state index in [4.69, 9.17) is 14.4 Å². The van der Waals surface area contributed by atoms with Gasteiger partial charge in [0.2, 0.25) is 0 Å². The van der Waals surface area contributed by atoms with Gasteiger partial charge in [-0.25, -0.2) is 9.98 Å². The van der Waals surface area contributed by atoms with E-state index in [0.717, 1.165) is 62.3 Å². The highest BCUT2D eigenvalue weighted by molar-refractivity contribution is 6.16. The number of quaternary nitrogens is 1. The number of nitrogens with zero attached hydrogens (tertiary/aromatic N) is 3. The summed E-state index contributed by atoms with van der Waals surface area (Å²) in [6.07, 6.45) is 1.94. The quantitative estimate of drug-likeness (QED) is 0.179. The first-order valence-corrected chi connectivity index (χ1v) is 19.4. The highest BCUT2D eigenvalue weighted by Gasteiger charge is 2.38. The summed E-state index contributed by atoms with van der Waals surface area (Å²) < 4.78 is 7.34. The fourth-order valence-electron chi connectivity index (χ4n) is 8.78. The predicted octanol–water partition coefficient (Wildman–Crippen LogP) is 12.7. The van der Waals surface area contributed by atoms with Crippen molar-refractivity contribution in [2.45, 2.75) is 6.54 Å². The number of para-hydroxylation sites is 1. The second-order valence-corrected chi connectivity index (χ2v) is 15.0. The minimum atomic E-state index is 0.641. The molecule has 11 rings (SSSR count). The summed E-state index contributed by atoms with van der Waals surface area (Å²) in [6.45, 7) is 0.842. The van der Waals surface area contributed by atoms with E-state index < -0.39 is 0 Å². The monoisotopic (exact) mass is 733 g/mol. The van der Waals surface area contributed by atoms with Gasteiger partial charge in [0, 0.05) is 45.3 Å². The Morgan fingerprint density at radius 3 is 2.11 bits per heavy atom. The lowest BCUT2D eigenvalue weighted by atomic mass is 9.85. The summed E-state index contributed by atoms with van der Waals surface area (Å²) in [5, 5.41) is 8.16. The predicted molar refractivity (Wildman–Crippen MR) is 237 cm³/mol. The first-order chi connectivity index (χ1) is 28.1. The Bertz CT molecular complexity index is 3130. The van der Waals surface area contributed by atoms with Crippen LogP contribution in [0.5, 0.6) is 0 Å². The summed E-state index contributed by atoms with van der Waals surface area (Å²) >= 11 is 0. The van der Waals surface area contributed by atoms with E-state index in [1.54, 1.807) is 0 Å². The molecular weight excluding hydrogens is 697 g/mol. The van der Waals surface area contributed by atoms with Crippen molar-refractivity contribution in [3.05, 3.63) is 210 Å². The van der Waals surface area contributed by atoms with Gasteiger partial charge in [-0.1, -0.05) is 133 Å². The maximum Gasteiger partial charge on any atom is 0.162 e. The normalized spacial score (nSPS) is 16.3. The Labute approximate surface area is 330 Å². The molecule has 8 aromatic carbocycles. The number of hydrogen-bond acceptors (Lipinski definition) is 4.